The Morgan fingerprint density at radius 1 is 0.889 bits per heavy atom. The van der Waals surface area contributed by atoms with Gasteiger partial charge in [-0.2, -0.15) is 0 Å². The molecule has 1 aromatic heterocycles. The molecular weight excluding hydrogens is 227 g/mol. The van der Waals surface area contributed by atoms with Crippen molar-refractivity contribution in [1.82, 2.24) is 10.3 Å². The van der Waals surface area contributed by atoms with Crippen LogP contribution in [0.2, 0.25) is 0 Å². The molecule has 0 radical (unpaired) electrons. The molecule has 2 nitrogen and oxygen atoms in total. The van der Waals surface area contributed by atoms with Crippen LogP contribution in [0.3, 0.4) is 0 Å². The fraction of sp³-hybridized carbons (Fsp3) is 0.267. The Balaban J connectivity index is 2.03. The first kappa shape index (κ1) is 12.7. The van der Waals surface area contributed by atoms with Gasteiger partial charge in [0, 0.05) is 24.5 Å². The number of nitrogens with zero attached hydrogens (tertiary/aromatic N) is 1. The molecule has 1 N–H and O–H groups in total. The standard InChI is InChI=1S/C15H17FN2/c1-11(13-3-5-15(16)6-4-13)18-12(2)14-7-9-17-10-8-14/h3-12,18H,1-2H3/t11?,12-/m0/s1. The van der Waals surface area contributed by atoms with E-state index in [4.69, 9.17) is 0 Å². The van der Waals surface area contributed by atoms with Gasteiger partial charge in [-0.1, -0.05) is 12.1 Å². The van der Waals surface area contributed by atoms with Gasteiger partial charge in [0.05, 0.1) is 0 Å². The third-order valence-corrected chi connectivity index (χ3v) is 3.08. The van der Waals surface area contributed by atoms with E-state index in [2.05, 4.69) is 24.1 Å². The zero-order chi connectivity index (χ0) is 13.0. The first-order chi connectivity index (χ1) is 8.66. The van der Waals surface area contributed by atoms with Crippen molar-refractivity contribution >= 4 is 0 Å². The minimum atomic E-state index is -0.201. The van der Waals surface area contributed by atoms with Crippen LogP contribution in [0, 0.1) is 5.82 Å². The number of hydrogen-bond acceptors (Lipinski definition) is 2. The Morgan fingerprint density at radius 3 is 1.94 bits per heavy atom. The summed E-state index contributed by atoms with van der Waals surface area (Å²) in [5.41, 5.74) is 2.27. The average Bonchev–Trinajstić information content (AvgIpc) is 2.40. The summed E-state index contributed by atoms with van der Waals surface area (Å²) in [6, 6.07) is 11.0. The zero-order valence-corrected chi connectivity index (χ0v) is 10.6. The summed E-state index contributed by atoms with van der Waals surface area (Å²) in [6.07, 6.45) is 3.58. The molecule has 0 saturated heterocycles. The Hall–Kier alpha value is -1.74. The quantitative estimate of drug-likeness (QED) is 0.888. The molecule has 94 valence electrons. The van der Waals surface area contributed by atoms with Crippen molar-refractivity contribution in [2.45, 2.75) is 25.9 Å². The van der Waals surface area contributed by atoms with Gasteiger partial charge in [0.1, 0.15) is 5.82 Å². The lowest BCUT2D eigenvalue weighted by molar-refractivity contribution is 0.493. The first-order valence-corrected chi connectivity index (χ1v) is 6.08. The summed E-state index contributed by atoms with van der Waals surface area (Å²) in [4.78, 5) is 4.01. The molecule has 1 unspecified atom stereocenters. The molecule has 0 fully saturated rings. The minimum absolute atomic E-state index is 0.175. The average molecular weight is 244 g/mol. The molecule has 0 saturated carbocycles. The first-order valence-electron chi connectivity index (χ1n) is 6.08. The van der Waals surface area contributed by atoms with Crippen LogP contribution in [0.25, 0.3) is 0 Å². The number of aromatic nitrogens is 1. The molecule has 3 heteroatoms. The Labute approximate surface area is 107 Å². The van der Waals surface area contributed by atoms with Gasteiger partial charge in [0.15, 0.2) is 0 Å². The summed E-state index contributed by atoms with van der Waals surface area (Å²) in [6.45, 7) is 4.18. The molecule has 1 heterocycles. The fourth-order valence-electron chi connectivity index (χ4n) is 1.97. The third-order valence-electron chi connectivity index (χ3n) is 3.08. The van der Waals surface area contributed by atoms with Crippen molar-refractivity contribution < 1.29 is 4.39 Å². The van der Waals surface area contributed by atoms with E-state index in [0.717, 1.165) is 5.56 Å². The van der Waals surface area contributed by atoms with Crippen LogP contribution in [0.15, 0.2) is 48.8 Å². The molecule has 0 amide bonds. The highest BCUT2D eigenvalue weighted by Gasteiger charge is 2.10. The molecule has 0 spiro atoms. The van der Waals surface area contributed by atoms with Crippen molar-refractivity contribution in [2.24, 2.45) is 0 Å². The smallest absolute Gasteiger partial charge is 0.123 e. The van der Waals surface area contributed by atoms with Crippen molar-refractivity contribution in [3.05, 3.63) is 65.7 Å². The Bertz CT molecular complexity index is 482. The number of hydrogen-bond donors (Lipinski definition) is 1. The van der Waals surface area contributed by atoms with Crippen LogP contribution in [0.5, 0.6) is 0 Å². The SMILES string of the molecule is CC(N[C@@H](C)c1ccncc1)c1ccc(F)cc1. The van der Waals surface area contributed by atoms with Gasteiger partial charge in [0.25, 0.3) is 0 Å². The number of benzene rings is 1. The van der Waals surface area contributed by atoms with E-state index in [1.807, 2.05) is 24.3 Å². The lowest BCUT2D eigenvalue weighted by Crippen LogP contribution is -2.22. The van der Waals surface area contributed by atoms with Crippen molar-refractivity contribution in [2.75, 3.05) is 0 Å². The molecule has 0 aliphatic rings. The highest BCUT2D eigenvalue weighted by atomic mass is 19.1. The van der Waals surface area contributed by atoms with Crippen LogP contribution in [0.4, 0.5) is 4.39 Å². The zero-order valence-electron chi connectivity index (χ0n) is 10.6. The van der Waals surface area contributed by atoms with E-state index in [-0.39, 0.29) is 17.9 Å². The van der Waals surface area contributed by atoms with Crippen LogP contribution in [-0.2, 0) is 0 Å². The van der Waals surface area contributed by atoms with Gasteiger partial charge >= 0.3 is 0 Å². The van der Waals surface area contributed by atoms with Gasteiger partial charge in [0.2, 0.25) is 0 Å². The van der Waals surface area contributed by atoms with E-state index in [1.165, 1.54) is 17.7 Å². The van der Waals surface area contributed by atoms with Crippen LogP contribution in [0.1, 0.15) is 37.1 Å². The largest absolute Gasteiger partial charge is 0.304 e. The second-order valence-corrected chi connectivity index (χ2v) is 4.44. The summed E-state index contributed by atoms with van der Waals surface area (Å²) in [5, 5.41) is 3.48. The predicted octanol–water partition coefficient (Wildman–Crippen LogP) is 3.63. The van der Waals surface area contributed by atoms with Gasteiger partial charge in [-0.05, 0) is 49.2 Å². The molecule has 0 bridgehead atoms. The number of halogens is 1. The maximum Gasteiger partial charge on any atom is 0.123 e. The minimum Gasteiger partial charge on any atom is -0.304 e. The molecule has 18 heavy (non-hydrogen) atoms. The topological polar surface area (TPSA) is 24.9 Å². The lowest BCUT2D eigenvalue weighted by Gasteiger charge is -2.20. The second kappa shape index (κ2) is 5.74. The van der Waals surface area contributed by atoms with Gasteiger partial charge in [-0.3, -0.25) is 4.98 Å². The van der Waals surface area contributed by atoms with E-state index in [1.54, 1.807) is 12.4 Å². The molecule has 0 aliphatic carbocycles. The van der Waals surface area contributed by atoms with E-state index < -0.39 is 0 Å². The van der Waals surface area contributed by atoms with Crippen molar-refractivity contribution in [3.63, 3.8) is 0 Å². The van der Waals surface area contributed by atoms with Gasteiger partial charge in [-0.15, -0.1) is 0 Å². The van der Waals surface area contributed by atoms with Crippen molar-refractivity contribution in [1.29, 1.82) is 0 Å². The van der Waals surface area contributed by atoms with Crippen LogP contribution >= 0.6 is 0 Å². The molecule has 2 aromatic rings. The summed E-state index contributed by atoms with van der Waals surface area (Å²) >= 11 is 0. The van der Waals surface area contributed by atoms with E-state index in [0.29, 0.717) is 0 Å². The van der Waals surface area contributed by atoms with Gasteiger partial charge in [-0.25, -0.2) is 4.39 Å². The highest BCUT2D eigenvalue weighted by Crippen LogP contribution is 2.19. The molecule has 2 atom stereocenters. The maximum atomic E-state index is 12.9. The Morgan fingerprint density at radius 2 is 1.39 bits per heavy atom. The third kappa shape index (κ3) is 3.14. The van der Waals surface area contributed by atoms with E-state index in [9.17, 15) is 4.39 Å². The van der Waals surface area contributed by atoms with Crippen LogP contribution in [-0.4, -0.2) is 4.98 Å². The number of rotatable bonds is 4. The highest BCUT2D eigenvalue weighted by molar-refractivity contribution is 5.21. The fourth-order valence-corrected chi connectivity index (χ4v) is 1.97. The summed E-state index contributed by atoms with van der Waals surface area (Å²) in [7, 11) is 0. The Kier molecular flexibility index (Phi) is 4.05. The maximum absolute atomic E-state index is 12.9. The number of pyridine rings is 1. The summed E-state index contributed by atoms with van der Waals surface area (Å²) < 4.78 is 12.9. The van der Waals surface area contributed by atoms with Crippen LogP contribution < -0.4 is 5.32 Å². The van der Waals surface area contributed by atoms with E-state index >= 15 is 0 Å². The van der Waals surface area contributed by atoms with Crippen molar-refractivity contribution in [3.8, 4) is 0 Å². The summed E-state index contributed by atoms with van der Waals surface area (Å²) in [5.74, 6) is -0.201. The molecule has 0 aliphatic heterocycles. The van der Waals surface area contributed by atoms with Gasteiger partial charge < -0.3 is 5.32 Å². The normalized spacial score (nSPS) is 14.2. The molecular formula is C15H17FN2. The lowest BCUT2D eigenvalue weighted by atomic mass is 10.1. The monoisotopic (exact) mass is 244 g/mol. The number of nitrogens with one attached hydrogen (secondary N) is 1. The molecule has 2 rings (SSSR count). The second-order valence-electron chi connectivity index (χ2n) is 4.44. The molecule has 1 aromatic carbocycles. The predicted molar refractivity (Wildman–Crippen MR) is 70.6 cm³/mol.